The Hall–Kier alpha value is -1.10. The molecule has 1 aromatic rings. The highest BCUT2D eigenvalue weighted by molar-refractivity contribution is 5.27. The second kappa shape index (κ2) is 6.12. The molecule has 2 unspecified atom stereocenters. The van der Waals surface area contributed by atoms with Crippen LogP contribution in [0.3, 0.4) is 0 Å². The van der Waals surface area contributed by atoms with Crippen LogP contribution < -0.4 is 10.1 Å². The van der Waals surface area contributed by atoms with E-state index in [-0.39, 0.29) is 5.60 Å². The Kier molecular flexibility index (Phi) is 4.24. The van der Waals surface area contributed by atoms with Gasteiger partial charge in [0.1, 0.15) is 5.75 Å². The number of rotatable bonds is 4. The molecule has 0 radical (unpaired) electrons. The average molecular weight is 277 g/mol. The Labute approximate surface area is 120 Å². The van der Waals surface area contributed by atoms with Crippen molar-refractivity contribution >= 4 is 0 Å². The summed E-state index contributed by atoms with van der Waals surface area (Å²) in [4.78, 5) is 0. The first-order valence-electron chi connectivity index (χ1n) is 7.38. The number of methoxy groups -OCH3 is 1. The lowest BCUT2D eigenvalue weighted by atomic mass is 9.89. The largest absolute Gasteiger partial charge is 0.497 e. The molecular weight excluding hydrogens is 254 g/mol. The first-order valence-corrected chi connectivity index (χ1v) is 7.38. The van der Waals surface area contributed by atoms with Gasteiger partial charge in [0.2, 0.25) is 0 Å². The minimum absolute atomic E-state index is 0.0180. The van der Waals surface area contributed by atoms with Crippen LogP contribution in [-0.2, 0) is 16.0 Å². The molecule has 0 amide bonds. The van der Waals surface area contributed by atoms with Gasteiger partial charge in [-0.2, -0.15) is 0 Å². The molecule has 0 aromatic heterocycles. The Morgan fingerprint density at radius 3 is 2.85 bits per heavy atom. The predicted molar refractivity (Wildman–Crippen MR) is 77.0 cm³/mol. The van der Waals surface area contributed by atoms with E-state index < -0.39 is 0 Å². The Morgan fingerprint density at radius 2 is 2.15 bits per heavy atom. The van der Waals surface area contributed by atoms with Gasteiger partial charge in [-0.3, -0.25) is 0 Å². The molecule has 4 nitrogen and oxygen atoms in total. The molecule has 110 valence electrons. The van der Waals surface area contributed by atoms with Crippen molar-refractivity contribution in [3.63, 3.8) is 0 Å². The number of nitrogens with one attached hydrogen (secondary N) is 1. The van der Waals surface area contributed by atoms with E-state index in [1.807, 2.05) is 12.1 Å². The van der Waals surface area contributed by atoms with E-state index in [0.29, 0.717) is 6.04 Å². The lowest BCUT2D eigenvalue weighted by Gasteiger charge is -2.37. The number of hydrogen-bond donors (Lipinski definition) is 1. The van der Waals surface area contributed by atoms with Crippen LogP contribution >= 0.6 is 0 Å². The van der Waals surface area contributed by atoms with E-state index in [4.69, 9.17) is 14.2 Å². The molecule has 2 saturated heterocycles. The van der Waals surface area contributed by atoms with Gasteiger partial charge in [0.05, 0.1) is 19.3 Å². The Morgan fingerprint density at radius 1 is 1.30 bits per heavy atom. The van der Waals surface area contributed by atoms with Gasteiger partial charge in [-0.15, -0.1) is 0 Å². The van der Waals surface area contributed by atoms with E-state index in [0.717, 1.165) is 51.4 Å². The highest BCUT2D eigenvalue weighted by Crippen LogP contribution is 2.32. The van der Waals surface area contributed by atoms with Crippen LogP contribution in [0, 0.1) is 0 Å². The fraction of sp³-hybridized carbons (Fsp3) is 0.625. The minimum atomic E-state index is -0.0180. The molecular formula is C16H23NO3. The summed E-state index contributed by atoms with van der Waals surface area (Å²) < 4.78 is 16.6. The van der Waals surface area contributed by atoms with Crippen molar-refractivity contribution in [1.29, 1.82) is 0 Å². The molecule has 0 saturated carbocycles. The first kappa shape index (κ1) is 13.9. The van der Waals surface area contributed by atoms with Crippen LogP contribution in [0.4, 0.5) is 0 Å². The van der Waals surface area contributed by atoms with Crippen molar-refractivity contribution in [1.82, 2.24) is 5.32 Å². The fourth-order valence-electron chi connectivity index (χ4n) is 3.07. The summed E-state index contributed by atoms with van der Waals surface area (Å²) in [7, 11) is 1.69. The van der Waals surface area contributed by atoms with Crippen LogP contribution in [0.25, 0.3) is 0 Å². The molecule has 2 aliphatic rings. The molecule has 4 heteroatoms. The van der Waals surface area contributed by atoms with Crippen LogP contribution in [0.5, 0.6) is 5.75 Å². The summed E-state index contributed by atoms with van der Waals surface area (Å²) in [5.74, 6) is 0.905. The smallest absolute Gasteiger partial charge is 0.118 e. The van der Waals surface area contributed by atoms with E-state index in [9.17, 15) is 0 Å². The van der Waals surface area contributed by atoms with Gasteiger partial charge in [0.25, 0.3) is 0 Å². The summed E-state index contributed by atoms with van der Waals surface area (Å²) in [5, 5.41) is 3.65. The number of ether oxygens (including phenoxy) is 3. The summed E-state index contributed by atoms with van der Waals surface area (Å²) in [6, 6.07) is 8.76. The van der Waals surface area contributed by atoms with E-state index in [1.54, 1.807) is 7.11 Å². The summed E-state index contributed by atoms with van der Waals surface area (Å²) in [6.07, 6.45) is 3.18. The van der Waals surface area contributed by atoms with Crippen molar-refractivity contribution < 1.29 is 14.2 Å². The van der Waals surface area contributed by atoms with Gasteiger partial charge < -0.3 is 19.5 Å². The van der Waals surface area contributed by atoms with Crippen molar-refractivity contribution in [2.24, 2.45) is 0 Å². The van der Waals surface area contributed by atoms with E-state index >= 15 is 0 Å². The normalized spacial score (nSPS) is 29.8. The summed E-state index contributed by atoms with van der Waals surface area (Å²) in [6.45, 7) is 3.33. The van der Waals surface area contributed by atoms with Gasteiger partial charge in [0.15, 0.2) is 0 Å². The third-order valence-electron chi connectivity index (χ3n) is 4.31. The molecule has 1 N–H and O–H groups in total. The molecule has 1 aromatic carbocycles. The van der Waals surface area contributed by atoms with Crippen LogP contribution in [0.2, 0.25) is 0 Å². The quantitative estimate of drug-likeness (QED) is 0.915. The zero-order valence-electron chi connectivity index (χ0n) is 12.1. The molecule has 1 spiro atoms. The van der Waals surface area contributed by atoms with Gasteiger partial charge >= 0.3 is 0 Å². The van der Waals surface area contributed by atoms with Crippen molar-refractivity contribution in [3.05, 3.63) is 29.8 Å². The molecule has 0 aliphatic carbocycles. The van der Waals surface area contributed by atoms with Crippen LogP contribution in [0.15, 0.2) is 24.3 Å². The lowest BCUT2D eigenvalue weighted by Crippen LogP contribution is -2.47. The van der Waals surface area contributed by atoms with Gasteiger partial charge in [-0.05, 0) is 30.5 Å². The summed E-state index contributed by atoms with van der Waals surface area (Å²) >= 11 is 0. The highest BCUT2D eigenvalue weighted by atomic mass is 16.6. The Balaban J connectivity index is 1.52. The molecule has 20 heavy (non-hydrogen) atoms. The third kappa shape index (κ3) is 3.14. The van der Waals surface area contributed by atoms with Gasteiger partial charge in [-0.1, -0.05) is 12.1 Å². The highest BCUT2D eigenvalue weighted by Gasteiger charge is 2.40. The second-order valence-corrected chi connectivity index (χ2v) is 5.75. The first-order chi connectivity index (χ1) is 9.80. The van der Waals surface area contributed by atoms with Crippen LogP contribution in [-0.4, -0.2) is 38.6 Å². The molecule has 2 fully saturated rings. The molecule has 2 atom stereocenters. The fourth-order valence-corrected chi connectivity index (χ4v) is 3.07. The summed E-state index contributed by atoms with van der Waals surface area (Å²) in [5.41, 5.74) is 1.27. The topological polar surface area (TPSA) is 39.7 Å². The van der Waals surface area contributed by atoms with E-state index in [2.05, 4.69) is 17.4 Å². The standard InChI is InChI=1S/C16H23NO3/c1-18-15-4-2-13(3-5-15)11-17-14-6-8-20-16(10-14)7-9-19-12-16/h2-5,14,17H,6-12H2,1H3. The maximum absolute atomic E-state index is 5.96. The van der Waals surface area contributed by atoms with Gasteiger partial charge in [-0.25, -0.2) is 0 Å². The number of hydrogen-bond acceptors (Lipinski definition) is 4. The molecule has 2 heterocycles. The molecule has 3 rings (SSSR count). The molecule has 2 aliphatic heterocycles. The minimum Gasteiger partial charge on any atom is -0.497 e. The van der Waals surface area contributed by atoms with Crippen molar-refractivity contribution in [2.45, 2.75) is 37.5 Å². The van der Waals surface area contributed by atoms with Crippen molar-refractivity contribution in [2.75, 3.05) is 26.9 Å². The predicted octanol–water partition coefficient (Wildman–Crippen LogP) is 2.12. The van der Waals surface area contributed by atoms with Crippen molar-refractivity contribution in [3.8, 4) is 5.75 Å². The zero-order valence-corrected chi connectivity index (χ0v) is 12.1. The zero-order chi connectivity index (χ0) is 13.8. The average Bonchev–Trinajstić information content (AvgIpc) is 2.93. The monoisotopic (exact) mass is 277 g/mol. The SMILES string of the molecule is COc1ccc(CNC2CCOC3(CCOC3)C2)cc1. The lowest BCUT2D eigenvalue weighted by molar-refractivity contribution is -0.0894. The maximum Gasteiger partial charge on any atom is 0.118 e. The molecule has 0 bridgehead atoms. The second-order valence-electron chi connectivity index (χ2n) is 5.75. The van der Waals surface area contributed by atoms with E-state index in [1.165, 1.54) is 5.56 Å². The van der Waals surface area contributed by atoms with Crippen LogP contribution in [0.1, 0.15) is 24.8 Å². The maximum atomic E-state index is 5.96. The third-order valence-corrected chi connectivity index (χ3v) is 4.31. The Bertz CT molecular complexity index is 426. The number of benzene rings is 1. The van der Waals surface area contributed by atoms with Gasteiger partial charge in [0, 0.05) is 32.2 Å².